The fourth-order valence-corrected chi connectivity index (χ4v) is 0.962. The van der Waals surface area contributed by atoms with E-state index in [0.717, 1.165) is 19.3 Å². The smallest absolute Gasteiger partial charge is 0.0550 e. The second kappa shape index (κ2) is 6.66. The van der Waals surface area contributed by atoms with E-state index in [1.807, 2.05) is 0 Å². The van der Waals surface area contributed by atoms with Crippen molar-refractivity contribution in [2.75, 3.05) is 0 Å². The summed E-state index contributed by atoms with van der Waals surface area (Å²) in [5.74, 6) is 0. The Morgan fingerprint density at radius 1 is 1.27 bits per heavy atom. The van der Waals surface area contributed by atoms with Crippen LogP contribution in [0.3, 0.4) is 0 Å². The standard InChI is InChI=1S/C10H21O/c1-5-7-8-10(4)11-9(3)6-2/h5,9-10H,6-8H2,1-4H3/t9?,10-/m0/s1. The van der Waals surface area contributed by atoms with Gasteiger partial charge in [-0.25, -0.2) is 0 Å². The maximum absolute atomic E-state index is 5.68. The Labute approximate surface area is 71.1 Å². The van der Waals surface area contributed by atoms with Gasteiger partial charge in [0.2, 0.25) is 0 Å². The maximum Gasteiger partial charge on any atom is 0.0550 e. The SMILES string of the molecule is C[CH]CC[C@H](C)OC(C)CC. The van der Waals surface area contributed by atoms with Gasteiger partial charge in [-0.3, -0.25) is 0 Å². The van der Waals surface area contributed by atoms with Crippen molar-refractivity contribution in [3.63, 3.8) is 0 Å². The topological polar surface area (TPSA) is 9.23 Å². The zero-order chi connectivity index (χ0) is 8.69. The summed E-state index contributed by atoms with van der Waals surface area (Å²) in [7, 11) is 0. The predicted molar refractivity (Wildman–Crippen MR) is 49.5 cm³/mol. The summed E-state index contributed by atoms with van der Waals surface area (Å²) in [5.41, 5.74) is 0. The molecular formula is C10H21O. The average Bonchev–Trinajstić information content (AvgIpc) is 2.00. The van der Waals surface area contributed by atoms with Gasteiger partial charge in [0.1, 0.15) is 0 Å². The van der Waals surface area contributed by atoms with E-state index >= 15 is 0 Å². The molecule has 0 saturated carbocycles. The highest BCUT2D eigenvalue weighted by molar-refractivity contribution is 4.61. The third-order valence-electron chi connectivity index (χ3n) is 1.90. The van der Waals surface area contributed by atoms with Gasteiger partial charge in [0.05, 0.1) is 12.2 Å². The number of hydrogen-bond donors (Lipinski definition) is 0. The van der Waals surface area contributed by atoms with E-state index in [1.54, 1.807) is 0 Å². The highest BCUT2D eigenvalue weighted by atomic mass is 16.5. The van der Waals surface area contributed by atoms with Gasteiger partial charge >= 0.3 is 0 Å². The van der Waals surface area contributed by atoms with Crippen molar-refractivity contribution < 1.29 is 4.74 Å². The lowest BCUT2D eigenvalue weighted by atomic mass is 10.2. The van der Waals surface area contributed by atoms with E-state index in [-0.39, 0.29) is 0 Å². The molecule has 11 heavy (non-hydrogen) atoms. The van der Waals surface area contributed by atoms with Gasteiger partial charge in [0.15, 0.2) is 0 Å². The minimum absolute atomic E-state index is 0.418. The van der Waals surface area contributed by atoms with Crippen LogP contribution in [0.4, 0.5) is 0 Å². The van der Waals surface area contributed by atoms with Crippen LogP contribution in [0.15, 0.2) is 0 Å². The van der Waals surface area contributed by atoms with E-state index in [0.29, 0.717) is 12.2 Å². The second-order valence-electron chi connectivity index (χ2n) is 3.15. The lowest BCUT2D eigenvalue weighted by Gasteiger charge is -2.17. The van der Waals surface area contributed by atoms with Crippen LogP contribution in [-0.4, -0.2) is 12.2 Å². The molecule has 0 aliphatic heterocycles. The molecule has 0 saturated heterocycles. The van der Waals surface area contributed by atoms with Crippen molar-refractivity contribution in [3.8, 4) is 0 Å². The van der Waals surface area contributed by atoms with Crippen molar-refractivity contribution in [1.82, 2.24) is 0 Å². The molecule has 67 valence electrons. The van der Waals surface area contributed by atoms with Crippen molar-refractivity contribution >= 4 is 0 Å². The van der Waals surface area contributed by atoms with Crippen molar-refractivity contribution in [2.45, 2.75) is 59.2 Å². The van der Waals surface area contributed by atoms with E-state index < -0.39 is 0 Å². The van der Waals surface area contributed by atoms with Crippen LogP contribution in [0.1, 0.15) is 47.0 Å². The Morgan fingerprint density at radius 2 is 1.91 bits per heavy atom. The molecular weight excluding hydrogens is 136 g/mol. The number of unbranched alkanes of at least 4 members (excludes halogenated alkanes) is 1. The Balaban J connectivity index is 3.27. The second-order valence-corrected chi connectivity index (χ2v) is 3.15. The Morgan fingerprint density at radius 3 is 2.36 bits per heavy atom. The molecule has 0 aromatic heterocycles. The third-order valence-corrected chi connectivity index (χ3v) is 1.90. The number of hydrogen-bond acceptors (Lipinski definition) is 1. The first-order valence-electron chi connectivity index (χ1n) is 4.64. The molecule has 0 aromatic carbocycles. The molecule has 0 N–H and O–H groups in total. The van der Waals surface area contributed by atoms with Gasteiger partial charge in [-0.1, -0.05) is 13.8 Å². The minimum atomic E-state index is 0.418. The molecule has 0 spiro atoms. The quantitative estimate of drug-likeness (QED) is 0.575. The molecule has 2 atom stereocenters. The first-order valence-corrected chi connectivity index (χ1v) is 4.64. The summed E-state index contributed by atoms with van der Waals surface area (Å²) >= 11 is 0. The molecule has 1 unspecified atom stereocenters. The minimum Gasteiger partial charge on any atom is -0.376 e. The molecule has 0 aromatic rings. The fourth-order valence-electron chi connectivity index (χ4n) is 0.962. The van der Waals surface area contributed by atoms with Gasteiger partial charge in [-0.05, 0) is 39.5 Å². The van der Waals surface area contributed by atoms with Crippen LogP contribution in [-0.2, 0) is 4.74 Å². The Hall–Kier alpha value is -0.0400. The van der Waals surface area contributed by atoms with Gasteiger partial charge in [-0.2, -0.15) is 0 Å². The monoisotopic (exact) mass is 157 g/mol. The normalized spacial score (nSPS) is 16.4. The summed E-state index contributed by atoms with van der Waals surface area (Å²) in [6.45, 7) is 8.53. The molecule has 0 rings (SSSR count). The summed E-state index contributed by atoms with van der Waals surface area (Å²) in [4.78, 5) is 0. The largest absolute Gasteiger partial charge is 0.376 e. The van der Waals surface area contributed by atoms with Crippen LogP contribution >= 0.6 is 0 Å². The van der Waals surface area contributed by atoms with Crippen LogP contribution in [0, 0.1) is 6.42 Å². The molecule has 1 heteroatoms. The van der Waals surface area contributed by atoms with Crippen molar-refractivity contribution in [1.29, 1.82) is 0 Å². The molecule has 0 fully saturated rings. The van der Waals surface area contributed by atoms with E-state index in [9.17, 15) is 0 Å². The highest BCUT2D eigenvalue weighted by Crippen LogP contribution is 2.07. The third kappa shape index (κ3) is 6.36. The molecule has 1 radical (unpaired) electrons. The van der Waals surface area contributed by atoms with Crippen LogP contribution in [0.5, 0.6) is 0 Å². The average molecular weight is 157 g/mol. The highest BCUT2D eigenvalue weighted by Gasteiger charge is 2.05. The van der Waals surface area contributed by atoms with Crippen molar-refractivity contribution in [2.24, 2.45) is 0 Å². The van der Waals surface area contributed by atoms with Gasteiger partial charge < -0.3 is 4.74 Å². The Kier molecular flexibility index (Phi) is 6.63. The number of ether oxygens (including phenoxy) is 1. The van der Waals surface area contributed by atoms with Gasteiger partial charge in [0, 0.05) is 0 Å². The lowest BCUT2D eigenvalue weighted by molar-refractivity contribution is 0.00268. The first kappa shape index (κ1) is 11.0. The first-order chi connectivity index (χ1) is 5.20. The zero-order valence-corrected chi connectivity index (χ0v) is 8.26. The summed E-state index contributed by atoms with van der Waals surface area (Å²) in [6, 6.07) is 0. The molecule has 0 amide bonds. The van der Waals surface area contributed by atoms with E-state index in [1.165, 1.54) is 0 Å². The molecule has 1 nitrogen and oxygen atoms in total. The van der Waals surface area contributed by atoms with E-state index in [4.69, 9.17) is 4.74 Å². The Bertz CT molecular complexity index is 80.9. The van der Waals surface area contributed by atoms with Gasteiger partial charge in [-0.15, -0.1) is 0 Å². The van der Waals surface area contributed by atoms with Gasteiger partial charge in [0.25, 0.3) is 0 Å². The van der Waals surface area contributed by atoms with Crippen LogP contribution in [0.2, 0.25) is 0 Å². The summed E-state index contributed by atoms with van der Waals surface area (Å²) in [5, 5.41) is 0. The summed E-state index contributed by atoms with van der Waals surface area (Å²) in [6.07, 6.45) is 6.46. The molecule has 0 bridgehead atoms. The van der Waals surface area contributed by atoms with E-state index in [2.05, 4.69) is 34.1 Å². The molecule has 0 aliphatic carbocycles. The number of rotatable bonds is 6. The van der Waals surface area contributed by atoms with Crippen LogP contribution in [0.25, 0.3) is 0 Å². The molecule has 0 aliphatic rings. The van der Waals surface area contributed by atoms with Crippen molar-refractivity contribution in [3.05, 3.63) is 6.42 Å². The zero-order valence-electron chi connectivity index (χ0n) is 8.26. The maximum atomic E-state index is 5.68. The predicted octanol–water partition coefficient (Wildman–Crippen LogP) is 3.19. The molecule has 0 heterocycles. The lowest BCUT2D eigenvalue weighted by Crippen LogP contribution is -2.15. The van der Waals surface area contributed by atoms with Crippen LogP contribution < -0.4 is 0 Å². The summed E-state index contributed by atoms with van der Waals surface area (Å²) < 4.78 is 5.68. The fraction of sp³-hybridized carbons (Fsp3) is 0.900.